The Morgan fingerprint density at radius 3 is 2.89 bits per heavy atom. The number of rotatable bonds is 6. The molecule has 0 saturated heterocycles. The fourth-order valence-corrected chi connectivity index (χ4v) is 3.41. The van der Waals surface area contributed by atoms with Crippen LogP contribution >= 0.6 is 0 Å². The molecule has 4 rings (SSSR count). The molecule has 0 aliphatic rings. The molecule has 4 aromatic rings. The van der Waals surface area contributed by atoms with Gasteiger partial charge in [-0.2, -0.15) is 0 Å². The summed E-state index contributed by atoms with van der Waals surface area (Å²) in [6, 6.07) is 12.9. The summed E-state index contributed by atoms with van der Waals surface area (Å²) < 4.78 is 17.7. The Morgan fingerprint density at radius 1 is 1.19 bits per heavy atom. The first-order valence-corrected chi connectivity index (χ1v) is 8.87. The first kappa shape index (κ1) is 17.1. The first-order chi connectivity index (χ1) is 13.2. The normalized spacial score (nSPS) is 11.2. The fourth-order valence-electron chi connectivity index (χ4n) is 3.41. The molecule has 0 bridgehead atoms. The Hall–Kier alpha value is -3.28. The van der Waals surface area contributed by atoms with E-state index in [0.717, 1.165) is 34.8 Å². The summed E-state index contributed by atoms with van der Waals surface area (Å²) in [4.78, 5) is 13.1. The minimum atomic E-state index is -0.272. The minimum absolute atomic E-state index is 0.272. The zero-order chi connectivity index (χ0) is 18.8. The number of aromatic nitrogens is 4. The Balaban J connectivity index is 1.73. The van der Waals surface area contributed by atoms with E-state index in [-0.39, 0.29) is 5.82 Å². The molecule has 5 nitrogen and oxygen atoms in total. The lowest BCUT2D eigenvalue weighted by atomic mass is 10.1. The number of aliphatic imine (C=N–C) groups is 1. The molecule has 2 aromatic heterocycles. The van der Waals surface area contributed by atoms with Gasteiger partial charge in [0, 0.05) is 30.6 Å². The van der Waals surface area contributed by atoms with Crippen LogP contribution in [-0.2, 0) is 19.6 Å². The lowest BCUT2D eigenvalue weighted by Crippen LogP contribution is -2.08. The average molecular weight is 361 g/mol. The predicted molar refractivity (Wildman–Crippen MR) is 105 cm³/mol. The van der Waals surface area contributed by atoms with E-state index in [9.17, 15) is 4.39 Å². The maximum Gasteiger partial charge on any atom is 0.140 e. The van der Waals surface area contributed by atoms with Gasteiger partial charge in [-0.15, -0.1) is 0 Å². The van der Waals surface area contributed by atoms with Gasteiger partial charge in [0.25, 0.3) is 0 Å². The molecular formula is C21H20FN5. The van der Waals surface area contributed by atoms with E-state index in [1.54, 1.807) is 12.3 Å². The zero-order valence-corrected chi connectivity index (χ0v) is 15.1. The van der Waals surface area contributed by atoms with E-state index >= 15 is 0 Å². The van der Waals surface area contributed by atoms with Crippen molar-refractivity contribution < 1.29 is 4.39 Å². The van der Waals surface area contributed by atoms with Crippen molar-refractivity contribution in [2.24, 2.45) is 4.99 Å². The number of aryl methyl sites for hydroxylation is 1. The zero-order valence-electron chi connectivity index (χ0n) is 15.1. The smallest absolute Gasteiger partial charge is 0.140 e. The van der Waals surface area contributed by atoms with Gasteiger partial charge in [0.15, 0.2) is 0 Å². The summed E-state index contributed by atoms with van der Waals surface area (Å²) in [5, 5.41) is 0. The van der Waals surface area contributed by atoms with Crippen molar-refractivity contribution in [3.8, 4) is 11.4 Å². The maximum atomic E-state index is 13.6. The number of nitrogens with zero attached hydrogens (tertiary/aromatic N) is 5. The number of fused-ring (bicyclic) bond motifs is 1. The van der Waals surface area contributed by atoms with Gasteiger partial charge in [-0.05, 0) is 37.4 Å². The molecule has 27 heavy (non-hydrogen) atoms. The predicted octanol–water partition coefficient (Wildman–Crippen LogP) is 4.31. The van der Waals surface area contributed by atoms with E-state index in [0.29, 0.717) is 18.6 Å². The van der Waals surface area contributed by atoms with E-state index in [1.807, 2.05) is 24.4 Å². The van der Waals surface area contributed by atoms with Gasteiger partial charge in [-0.3, -0.25) is 4.99 Å². The first-order valence-electron chi connectivity index (χ1n) is 8.87. The lowest BCUT2D eigenvalue weighted by Gasteiger charge is -2.10. The van der Waals surface area contributed by atoms with Gasteiger partial charge >= 0.3 is 0 Å². The highest BCUT2D eigenvalue weighted by molar-refractivity contribution is 5.76. The Morgan fingerprint density at radius 2 is 2.07 bits per heavy atom. The Labute approximate surface area is 156 Å². The third-order valence-corrected chi connectivity index (χ3v) is 4.61. The second-order valence-electron chi connectivity index (χ2n) is 6.37. The SMILES string of the molecule is C=NCc1cccc(-c2nccn2Cc2nc3cc(F)ccc3n2CC)c1. The van der Waals surface area contributed by atoms with E-state index in [1.165, 1.54) is 12.1 Å². The van der Waals surface area contributed by atoms with Crippen molar-refractivity contribution in [1.82, 2.24) is 19.1 Å². The van der Waals surface area contributed by atoms with Crippen LogP contribution in [0.3, 0.4) is 0 Å². The van der Waals surface area contributed by atoms with Gasteiger partial charge < -0.3 is 9.13 Å². The van der Waals surface area contributed by atoms with Crippen LogP contribution in [-0.4, -0.2) is 25.8 Å². The highest BCUT2D eigenvalue weighted by Gasteiger charge is 2.13. The van der Waals surface area contributed by atoms with Gasteiger partial charge in [0.1, 0.15) is 17.5 Å². The standard InChI is InChI=1S/C21H20FN5/c1-3-27-19-8-7-17(22)12-18(19)25-20(27)14-26-10-9-24-21(26)16-6-4-5-15(11-16)13-23-2/h4-12H,2-3,13-14H2,1H3. The van der Waals surface area contributed by atoms with E-state index in [4.69, 9.17) is 0 Å². The van der Waals surface area contributed by atoms with Crippen LogP contribution in [0.1, 0.15) is 18.3 Å². The molecule has 6 heteroatoms. The van der Waals surface area contributed by atoms with Crippen LogP contribution in [0.2, 0.25) is 0 Å². The maximum absolute atomic E-state index is 13.6. The van der Waals surface area contributed by atoms with Gasteiger partial charge in [-0.1, -0.05) is 18.2 Å². The second-order valence-corrected chi connectivity index (χ2v) is 6.37. The van der Waals surface area contributed by atoms with Crippen molar-refractivity contribution in [2.45, 2.75) is 26.6 Å². The quantitative estimate of drug-likeness (QED) is 0.481. The van der Waals surface area contributed by atoms with Crippen molar-refractivity contribution in [3.63, 3.8) is 0 Å². The highest BCUT2D eigenvalue weighted by atomic mass is 19.1. The number of imidazole rings is 2. The summed E-state index contributed by atoms with van der Waals surface area (Å²) >= 11 is 0. The Kier molecular flexibility index (Phi) is 4.54. The highest BCUT2D eigenvalue weighted by Crippen LogP contribution is 2.22. The monoisotopic (exact) mass is 361 g/mol. The molecule has 0 amide bonds. The molecule has 2 heterocycles. The van der Waals surface area contributed by atoms with Crippen molar-refractivity contribution in [1.29, 1.82) is 0 Å². The van der Waals surface area contributed by atoms with Crippen LogP contribution in [0.15, 0.2) is 59.9 Å². The third-order valence-electron chi connectivity index (χ3n) is 4.61. The lowest BCUT2D eigenvalue weighted by molar-refractivity contribution is 0.629. The van der Waals surface area contributed by atoms with Crippen LogP contribution in [0.5, 0.6) is 0 Å². The number of halogens is 1. The van der Waals surface area contributed by atoms with Gasteiger partial charge in [-0.25, -0.2) is 14.4 Å². The van der Waals surface area contributed by atoms with Crippen molar-refractivity contribution >= 4 is 17.8 Å². The molecule has 0 spiro atoms. The summed E-state index contributed by atoms with van der Waals surface area (Å²) in [7, 11) is 0. The third kappa shape index (κ3) is 3.26. The number of hydrogen-bond donors (Lipinski definition) is 0. The van der Waals surface area contributed by atoms with Crippen LogP contribution in [0.25, 0.3) is 22.4 Å². The summed E-state index contributed by atoms with van der Waals surface area (Å²) in [6.45, 7) is 7.52. The number of hydrogen-bond acceptors (Lipinski definition) is 3. The molecule has 2 aromatic carbocycles. The largest absolute Gasteiger partial charge is 0.327 e. The van der Waals surface area contributed by atoms with Crippen LogP contribution in [0.4, 0.5) is 4.39 Å². The summed E-state index contributed by atoms with van der Waals surface area (Å²) in [5.74, 6) is 1.47. The minimum Gasteiger partial charge on any atom is -0.327 e. The Bertz CT molecular complexity index is 1110. The van der Waals surface area contributed by atoms with Gasteiger partial charge in [0.05, 0.1) is 24.1 Å². The van der Waals surface area contributed by atoms with E-state index < -0.39 is 0 Å². The van der Waals surface area contributed by atoms with E-state index in [2.05, 4.69) is 43.8 Å². The molecule has 0 aliphatic heterocycles. The molecule has 0 aliphatic carbocycles. The van der Waals surface area contributed by atoms with Crippen LogP contribution in [0, 0.1) is 5.82 Å². The molecule has 0 unspecified atom stereocenters. The molecule has 0 fully saturated rings. The summed E-state index contributed by atoms with van der Waals surface area (Å²) in [5.41, 5.74) is 3.72. The fraction of sp³-hybridized carbons (Fsp3) is 0.190. The molecule has 0 N–H and O–H groups in total. The molecule has 0 radical (unpaired) electrons. The van der Waals surface area contributed by atoms with Crippen LogP contribution < -0.4 is 0 Å². The molecule has 136 valence electrons. The molecule has 0 saturated carbocycles. The average Bonchev–Trinajstić information content (AvgIpc) is 3.26. The second kappa shape index (κ2) is 7.15. The number of benzene rings is 2. The topological polar surface area (TPSA) is 48.0 Å². The van der Waals surface area contributed by atoms with Gasteiger partial charge in [0.2, 0.25) is 0 Å². The summed E-state index contributed by atoms with van der Waals surface area (Å²) in [6.07, 6.45) is 3.72. The molecule has 0 atom stereocenters. The molecular weight excluding hydrogens is 341 g/mol. The van der Waals surface area contributed by atoms with Crippen molar-refractivity contribution in [3.05, 3.63) is 72.1 Å². The van der Waals surface area contributed by atoms with Crippen molar-refractivity contribution in [2.75, 3.05) is 0 Å².